The molecule has 1 aromatic carbocycles. The lowest BCUT2D eigenvalue weighted by Gasteiger charge is -2.31. The fourth-order valence-corrected chi connectivity index (χ4v) is 4.23. The van der Waals surface area contributed by atoms with Crippen LogP contribution in [0, 0.1) is 10.1 Å². The average molecular weight is 372 g/mol. The second kappa shape index (κ2) is 8.07. The molecule has 0 aliphatic rings. The summed E-state index contributed by atoms with van der Waals surface area (Å²) in [6.45, 7) is 3.66. The molecule has 7 nitrogen and oxygen atoms in total. The van der Waals surface area contributed by atoms with Crippen LogP contribution in [0.5, 0.6) is 0 Å². The van der Waals surface area contributed by atoms with E-state index < -0.39 is 31.1 Å². The molecule has 1 aromatic rings. The number of nitrogens with one attached hydrogen (secondary N) is 1. The first kappa shape index (κ1) is 21.1. The Balaban J connectivity index is 0.00000441. The summed E-state index contributed by atoms with van der Waals surface area (Å²) in [5, 5.41) is 10.8. The molecular formula is C12H19Cl2N3O4S. The molecule has 0 unspecified atom stereocenters. The Morgan fingerprint density at radius 2 is 1.91 bits per heavy atom. The van der Waals surface area contributed by atoms with E-state index in [9.17, 15) is 18.5 Å². The summed E-state index contributed by atoms with van der Waals surface area (Å²) in [6.07, 6.45) is 0.912. The van der Waals surface area contributed by atoms with Crippen molar-refractivity contribution >= 4 is 39.7 Å². The first-order valence-corrected chi connectivity index (χ1v) is 8.26. The predicted molar refractivity (Wildman–Crippen MR) is 88.0 cm³/mol. The number of nitro groups is 1. The Hall–Kier alpha value is -0.930. The number of hydrogen-bond donors (Lipinski definition) is 2. The maximum atomic E-state index is 12.5. The minimum atomic E-state index is -4.16. The lowest BCUT2D eigenvalue weighted by molar-refractivity contribution is -0.387. The van der Waals surface area contributed by atoms with E-state index in [1.807, 2.05) is 0 Å². The number of halogens is 2. The molecule has 0 aliphatic carbocycles. The third kappa shape index (κ3) is 4.30. The minimum absolute atomic E-state index is 0. The topological polar surface area (TPSA) is 115 Å². The molecule has 0 aliphatic heterocycles. The third-order valence-electron chi connectivity index (χ3n) is 3.51. The van der Waals surface area contributed by atoms with Crippen LogP contribution < -0.4 is 10.5 Å². The molecule has 0 atom stereocenters. The molecule has 0 heterocycles. The summed E-state index contributed by atoms with van der Waals surface area (Å²) in [5.41, 5.74) is 4.24. The van der Waals surface area contributed by atoms with Crippen LogP contribution >= 0.6 is 24.0 Å². The van der Waals surface area contributed by atoms with Gasteiger partial charge in [-0.05, 0) is 18.9 Å². The van der Waals surface area contributed by atoms with E-state index in [0.717, 1.165) is 6.07 Å². The molecule has 22 heavy (non-hydrogen) atoms. The van der Waals surface area contributed by atoms with Crippen molar-refractivity contribution in [2.24, 2.45) is 5.73 Å². The van der Waals surface area contributed by atoms with Gasteiger partial charge in [-0.2, -0.15) is 0 Å². The molecule has 0 spiro atoms. The molecule has 1 rings (SSSR count). The number of benzene rings is 1. The largest absolute Gasteiger partial charge is 0.329 e. The van der Waals surface area contributed by atoms with Crippen LogP contribution in [-0.2, 0) is 10.0 Å². The molecule has 0 aromatic heterocycles. The van der Waals surface area contributed by atoms with E-state index in [4.69, 9.17) is 17.3 Å². The van der Waals surface area contributed by atoms with E-state index in [2.05, 4.69) is 4.72 Å². The van der Waals surface area contributed by atoms with Crippen LogP contribution in [0.3, 0.4) is 0 Å². The van der Waals surface area contributed by atoms with E-state index >= 15 is 0 Å². The van der Waals surface area contributed by atoms with Gasteiger partial charge in [-0.3, -0.25) is 10.1 Å². The van der Waals surface area contributed by atoms with Gasteiger partial charge >= 0.3 is 0 Å². The maximum Gasteiger partial charge on any atom is 0.290 e. The Morgan fingerprint density at radius 1 is 1.36 bits per heavy atom. The normalized spacial score (nSPS) is 11.8. The fourth-order valence-electron chi connectivity index (χ4n) is 1.97. The van der Waals surface area contributed by atoms with Gasteiger partial charge in [-0.15, -0.1) is 12.4 Å². The summed E-state index contributed by atoms with van der Waals surface area (Å²) >= 11 is 5.86. The van der Waals surface area contributed by atoms with Crippen LogP contribution in [0.25, 0.3) is 0 Å². The molecule has 0 saturated carbocycles. The molecule has 10 heteroatoms. The molecule has 3 N–H and O–H groups in total. The summed E-state index contributed by atoms with van der Waals surface area (Å²) in [7, 11) is -4.16. The highest BCUT2D eigenvalue weighted by Crippen LogP contribution is 2.32. The highest BCUT2D eigenvalue weighted by atomic mass is 35.5. The van der Waals surface area contributed by atoms with Gasteiger partial charge in [-0.25, -0.2) is 13.1 Å². The van der Waals surface area contributed by atoms with Crippen LogP contribution in [0.1, 0.15) is 26.7 Å². The van der Waals surface area contributed by atoms with Crippen LogP contribution in [0.2, 0.25) is 5.02 Å². The third-order valence-corrected chi connectivity index (χ3v) is 5.60. The van der Waals surface area contributed by atoms with Gasteiger partial charge in [-0.1, -0.05) is 31.5 Å². The molecular weight excluding hydrogens is 353 g/mol. The predicted octanol–water partition coefficient (Wildman–Crippen LogP) is 2.47. The summed E-state index contributed by atoms with van der Waals surface area (Å²) in [6, 6.07) is 3.73. The number of rotatable bonds is 7. The van der Waals surface area contributed by atoms with Gasteiger partial charge in [0.15, 0.2) is 4.90 Å². The fraction of sp³-hybridized carbons (Fsp3) is 0.500. The monoisotopic (exact) mass is 371 g/mol. The number of hydrogen-bond acceptors (Lipinski definition) is 5. The van der Waals surface area contributed by atoms with E-state index in [0.29, 0.717) is 12.8 Å². The number of nitro benzene ring substituents is 1. The van der Waals surface area contributed by atoms with Crippen molar-refractivity contribution in [3.05, 3.63) is 33.3 Å². The SMILES string of the molecule is CCC(CC)(CN)NS(=O)(=O)c1c(Cl)cccc1[N+](=O)[O-].Cl. The van der Waals surface area contributed by atoms with Crippen LogP contribution in [0.4, 0.5) is 5.69 Å². The minimum Gasteiger partial charge on any atom is -0.329 e. The quantitative estimate of drug-likeness (QED) is 0.564. The van der Waals surface area contributed by atoms with Gasteiger partial charge in [0.05, 0.1) is 9.95 Å². The zero-order chi connectivity index (χ0) is 16.3. The van der Waals surface area contributed by atoms with Gasteiger partial charge in [0, 0.05) is 18.2 Å². The van der Waals surface area contributed by atoms with Gasteiger partial charge < -0.3 is 5.73 Å². The number of nitrogens with two attached hydrogens (primary N) is 1. The first-order chi connectivity index (χ1) is 9.73. The highest BCUT2D eigenvalue weighted by molar-refractivity contribution is 7.89. The first-order valence-electron chi connectivity index (χ1n) is 6.40. The second-order valence-corrected chi connectivity index (χ2v) is 6.67. The second-order valence-electron chi connectivity index (χ2n) is 4.64. The summed E-state index contributed by atoms with van der Waals surface area (Å²) < 4.78 is 27.5. The molecule has 0 saturated heterocycles. The number of nitrogens with zero attached hydrogens (tertiary/aromatic N) is 1. The van der Waals surface area contributed by atoms with Gasteiger partial charge in [0.1, 0.15) is 0 Å². The maximum absolute atomic E-state index is 12.5. The standard InChI is InChI=1S/C12H18ClN3O4S.ClH/c1-3-12(4-2,8-14)15-21(19,20)11-9(13)6-5-7-10(11)16(17)18;/h5-7,15H,3-4,8,14H2,1-2H3;1H. The molecule has 0 fully saturated rings. The highest BCUT2D eigenvalue weighted by Gasteiger charge is 2.35. The van der Waals surface area contributed by atoms with E-state index in [-0.39, 0.29) is 24.0 Å². The Labute approximate surface area is 140 Å². The van der Waals surface area contributed by atoms with Crippen molar-refractivity contribution in [3.63, 3.8) is 0 Å². The Morgan fingerprint density at radius 3 is 2.32 bits per heavy atom. The lowest BCUT2D eigenvalue weighted by Crippen LogP contribution is -2.52. The molecule has 0 radical (unpaired) electrons. The lowest BCUT2D eigenvalue weighted by atomic mass is 9.95. The van der Waals surface area contributed by atoms with Gasteiger partial charge in [0.25, 0.3) is 5.69 Å². The van der Waals surface area contributed by atoms with Crippen molar-refractivity contribution in [1.82, 2.24) is 4.72 Å². The molecule has 126 valence electrons. The zero-order valence-corrected chi connectivity index (χ0v) is 14.6. The average Bonchev–Trinajstić information content (AvgIpc) is 2.44. The zero-order valence-electron chi connectivity index (χ0n) is 12.2. The van der Waals surface area contributed by atoms with E-state index in [1.165, 1.54) is 12.1 Å². The Kier molecular flexibility index (Phi) is 7.73. The van der Waals surface area contributed by atoms with Crippen molar-refractivity contribution in [2.45, 2.75) is 37.1 Å². The van der Waals surface area contributed by atoms with Gasteiger partial charge in [0.2, 0.25) is 10.0 Å². The summed E-state index contributed by atoms with van der Waals surface area (Å²) in [4.78, 5) is 9.72. The molecule has 0 amide bonds. The van der Waals surface area contributed by atoms with Crippen LogP contribution in [-0.4, -0.2) is 25.4 Å². The molecule has 0 bridgehead atoms. The van der Waals surface area contributed by atoms with Crippen LogP contribution in [0.15, 0.2) is 23.1 Å². The van der Waals surface area contributed by atoms with Crippen molar-refractivity contribution < 1.29 is 13.3 Å². The van der Waals surface area contributed by atoms with Crippen molar-refractivity contribution in [2.75, 3.05) is 6.54 Å². The van der Waals surface area contributed by atoms with Crippen molar-refractivity contribution in [1.29, 1.82) is 0 Å². The number of sulfonamides is 1. The van der Waals surface area contributed by atoms with Crippen molar-refractivity contribution in [3.8, 4) is 0 Å². The smallest absolute Gasteiger partial charge is 0.290 e. The Bertz CT molecular complexity index is 625. The summed E-state index contributed by atoms with van der Waals surface area (Å²) in [5.74, 6) is 0. The van der Waals surface area contributed by atoms with E-state index in [1.54, 1.807) is 13.8 Å².